The molecule has 2 N–H and O–H groups in total. The van der Waals surface area contributed by atoms with E-state index in [1.807, 2.05) is 30.3 Å². The lowest BCUT2D eigenvalue weighted by Crippen LogP contribution is -2.24. The van der Waals surface area contributed by atoms with Crippen LogP contribution >= 0.6 is 11.6 Å². The molecule has 8 heteroatoms. The highest BCUT2D eigenvalue weighted by Gasteiger charge is 2.13. The van der Waals surface area contributed by atoms with Gasteiger partial charge in [0.1, 0.15) is 11.5 Å². The molecule has 1 aliphatic heterocycles. The van der Waals surface area contributed by atoms with Crippen LogP contribution in [0.2, 0.25) is 5.02 Å². The van der Waals surface area contributed by atoms with E-state index in [1.165, 1.54) is 12.4 Å². The first kappa shape index (κ1) is 17.1. The van der Waals surface area contributed by atoms with Crippen molar-refractivity contribution in [1.29, 1.82) is 0 Å². The Morgan fingerprint density at radius 2 is 1.85 bits per heavy atom. The molecule has 7 nitrogen and oxygen atoms in total. The molecule has 136 valence electrons. The summed E-state index contributed by atoms with van der Waals surface area (Å²) in [6.07, 6.45) is 2.92. The lowest BCUT2D eigenvalue weighted by Gasteiger charge is -2.08. The summed E-state index contributed by atoms with van der Waals surface area (Å²) in [6, 6.07) is 12.7. The van der Waals surface area contributed by atoms with E-state index in [4.69, 9.17) is 21.1 Å². The van der Waals surface area contributed by atoms with Gasteiger partial charge in [-0.15, -0.1) is 0 Å². The molecule has 3 aromatic rings. The van der Waals surface area contributed by atoms with Gasteiger partial charge in [0.25, 0.3) is 5.91 Å². The van der Waals surface area contributed by atoms with Crippen molar-refractivity contribution in [2.45, 2.75) is 6.54 Å². The maximum Gasteiger partial charge on any atom is 0.271 e. The molecule has 2 aromatic carbocycles. The normalized spacial score (nSPS) is 11.9. The number of carbonyl (C=O) groups excluding carboxylic acids is 1. The summed E-state index contributed by atoms with van der Waals surface area (Å²) in [5.41, 5.74) is 1.97. The SMILES string of the molecule is O=C(NCc1ccc(Cl)cc1)c1cnc(Nc2ccc3c(c2)OCO3)cn1. The van der Waals surface area contributed by atoms with Gasteiger partial charge in [-0.25, -0.2) is 9.97 Å². The molecular weight excluding hydrogens is 368 g/mol. The third kappa shape index (κ3) is 4.09. The van der Waals surface area contributed by atoms with E-state index in [0.717, 1.165) is 11.3 Å². The second kappa shape index (κ2) is 7.51. The van der Waals surface area contributed by atoms with Crippen LogP contribution in [-0.4, -0.2) is 22.7 Å². The maximum atomic E-state index is 12.2. The number of amides is 1. The quantitative estimate of drug-likeness (QED) is 0.702. The summed E-state index contributed by atoms with van der Waals surface area (Å²) in [5.74, 6) is 1.60. The molecule has 2 heterocycles. The van der Waals surface area contributed by atoms with Gasteiger partial charge in [0.15, 0.2) is 11.5 Å². The fourth-order valence-corrected chi connectivity index (χ4v) is 2.63. The fourth-order valence-electron chi connectivity index (χ4n) is 2.51. The molecule has 1 aliphatic rings. The highest BCUT2D eigenvalue weighted by molar-refractivity contribution is 6.30. The molecule has 1 amide bonds. The molecule has 0 fully saturated rings. The lowest BCUT2D eigenvalue weighted by molar-refractivity contribution is 0.0945. The van der Waals surface area contributed by atoms with Crippen LogP contribution in [0.15, 0.2) is 54.9 Å². The summed E-state index contributed by atoms with van der Waals surface area (Å²) < 4.78 is 10.6. The van der Waals surface area contributed by atoms with E-state index in [2.05, 4.69) is 20.6 Å². The Labute approximate surface area is 160 Å². The van der Waals surface area contributed by atoms with Crippen LogP contribution < -0.4 is 20.1 Å². The highest BCUT2D eigenvalue weighted by atomic mass is 35.5. The Kier molecular flexibility index (Phi) is 4.76. The van der Waals surface area contributed by atoms with E-state index < -0.39 is 0 Å². The summed E-state index contributed by atoms with van der Waals surface area (Å²) in [4.78, 5) is 20.6. The summed E-state index contributed by atoms with van der Waals surface area (Å²) in [6.45, 7) is 0.604. The molecular formula is C19H15ClN4O3. The van der Waals surface area contributed by atoms with Crippen molar-refractivity contribution in [2.24, 2.45) is 0 Å². The van der Waals surface area contributed by atoms with Gasteiger partial charge in [-0.05, 0) is 29.8 Å². The first-order chi connectivity index (χ1) is 13.2. The Hall–Kier alpha value is -3.32. The number of ether oxygens (including phenoxy) is 2. The van der Waals surface area contributed by atoms with Gasteiger partial charge in [0.2, 0.25) is 6.79 Å². The summed E-state index contributed by atoms with van der Waals surface area (Å²) in [5, 5.41) is 6.56. The molecule has 1 aromatic heterocycles. The number of rotatable bonds is 5. The molecule has 0 spiro atoms. The van der Waals surface area contributed by atoms with Gasteiger partial charge in [-0.1, -0.05) is 23.7 Å². The number of nitrogens with one attached hydrogen (secondary N) is 2. The number of anilines is 2. The van der Waals surface area contributed by atoms with Crippen molar-refractivity contribution < 1.29 is 14.3 Å². The van der Waals surface area contributed by atoms with E-state index in [0.29, 0.717) is 28.9 Å². The highest BCUT2D eigenvalue weighted by Crippen LogP contribution is 2.34. The largest absolute Gasteiger partial charge is 0.454 e. The van der Waals surface area contributed by atoms with E-state index in [1.54, 1.807) is 12.1 Å². The molecule has 0 aliphatic carbocycles. The van der Waals surface area contributed by atoms with E-state index >= 15 is 0 Å². The molecule has 0 saturated carbocycles. The Morgan fingerprint density at radius 3 is 2.63 bits per heavy atom. The van der Waals surface area contributed by atoms with Crippen molar-refractivity contribution in [1.82, 2.24) is 15.3 Å². The standard InChI is InChI=1S/C19H15ClN4O3/c20-13-3-1-12(2-4-13)8-23-19(25)15-9-22-18(10-21-15)24-14-5-6-16-17(7-14)27-11-26-16/h1-7,9-10H,8,11H2,(H,22,24)(H,23,25). The van der Waals surface area contributed by atoms with Gasteiger partial charge in [0, 0.05) is 23.3 Å². The van der Waals surface area contributed by atoms with Crippen molar-refractivity contribution >= 4 is 29.0 Å². The van der Waals surface area contributed by atoms with Crippen LogP contribution in [0.5, 0.6) is 11.5 Å². The van der Waals surface area contributed by atoms with Gasteiger partial charge < -0.3 is 20.1 Å². The number of benzene rings is 2. The van der Waals surface area contributed by atoms with Crippen LogP contribution in [0.3, 0.4) is 0 Å². The number of halogens is 1. The topological polar surface area (TPSA) is 85.4 Å². The van der Waals surface area contributed by atoms with Crippen molar-refractivity contribution in [2.75, 3.05) is 12.1 Å². The summed E-state index contributed by atoms with van der Waals surface area (Å²) in [7, 11) is 0. The molecule has 0 unspecified atom stereocenters. The number of aromatic nitrogens is 2. The van der Waals surface area contributed by atoms with Gasteiger partial charge in [-0.2, -0.15) is 0 Å². The van der Waals surface area contributed by atoms with Crippen LogP contribution in [0.25, 0.3) is 0 Å². The first-order valence-corrected chi connectivity index (χ1v) is 8.56. The van der Waals surface area contributed by atoms with Crippen LogP contribution in [0, 0.1) is 0 Å². The van der Waals surface area contributed by atoms with E-state index in [-0.39, 0.29) is 18.4 Å². The average molecular weight is 383 g/mol. The van der Waals surface area contributed by atoms with Crippen LogP contribution in [0.1, 0.15) is 16.1 Å². The number of carbonyl (C=O) groups is 1. The van der Waals surface area contributed by atoms with Crippen molar-refractivity contribution in [3.8, 4) is 11.5 Å². The average Bonchev–Trinajstić information content (AvgIpc) is 3.16. The minimum absolute atomic E-state index is 0.221. The van der Waals surface area contributed by atoms with Crippen molar-refractivity contribution in [3.05, 3.63) is 71.1 Å². The minimum Gasteiger partial charge on any atom is -0.454 e. The van der Waals surface area contributed by atoms with Gasteiger partial charge >= 0.3 is 0 Å². The molecule has 0 atom stereocenters. The monoisotopic (exact) mass is 382 g/mol. The third-order valence-electron chi connectivity index (χ3n) is 3.90. The van der Waals surface area contributed by atoms with Crippen LogP contribution in [-0.2, 0) is 6.54 Å². The number of nitrogens with zero attached hydrogens (tertiary/aromatic N) is 2. The number of hydrogen-bond acceptors (Lipinski definition) is 6. The number of fused-ring (bicyclic) bond motifs is 1. The predicted molar refractivity (Wildman–Crippen MR) is 101 cm³/mol. The fraction of sp³-hybridized carbons (Fsp3) is 0.105. The zero-order valence-electron chi connectivity index (χ0n) is 14.1. The molecule has 4 rings (SSSR count). The molecule has 0 radical (unpaired) electrons. The third-order valence-corrected chi connectivity index (χ3v) is 4.15. The second-order valence-corrected chi connectivity index (χ2v) is 6.23. The van der Waals surface area contributed by atoms with Crippen molar-refractivity contribution in [3.63, 3.8) is 0 Å². The minimum atomic E-state index is -0.299. The van der Waals surface area contributed by atoms with E-state index in [9.17, 15) is 4.79 Å². The molecule has 27 heavy (non-hydrogen) atoms. The smallest absolute Gasteiger partial charge is 0.271 e. The zero-order chi connectivity index (χ0) is 18.6. The van der Waals surface area contributed by atoms with Gasteiger partial charge in [-0.3, -0.25) is 4.79 Å². The second-order valence-electron chi connectivity index (χ2n) is 5.79. The number of hydrogen-bond donors (Lipinski definition) is 2. The lowest BCUT2D eigenvalue weighted by atomic mass is 10.2. The zero-order valence-corrected chi connectivity index (χ0v) is 14.9. The predicted octanol–water partition coefficient (Wildman–Crippen LogP) is 3.53. The molecule has 0 bridgehead atoms. The first-order valence-electron chi connectivity index (χ1n) is 8.19. The van der Waals surface area contributed by atoms with Gasteiger partial charge in [0.05, 0.1) is 12.4 Å². The Morgan fingerprint density at radius 1 is 1.04 bits per heavy atom. The Balaban J connectivity index is 1.36. The summed E-state index contributed by atoms with van der Waals surface area (Å²) >= 11 is 5.85. The van der Waals surface area contributed by atoms with Crippen LogP contribution in [0.4, 0.5) is 11.5 Å². The maximum absolute atomic E-state index is 12.2. The Bertz CT molecular complexity index is 962. The molecule has 0 saturated heterocycles.